The van der Waals surface area contributed by atoms with E-state index in [1.165, 1.54) is 31.4 Å². The number of nitrogens with zero attached hydrogens (tertiary/aromatic N) is 2. The zero-order valence-electron chi connectivity index (χ0n) is 15.2. The van der Waals surface area contributed by atoms with Crippen LogP contribution in [0.2, 0.25) is 0 Å². The lowest BCUT2D eigenvalue weighted by Gasteiger charge is -2.08. The monoisotopic (exact) mass is 402 g/mol. The third-order valence-corrected chi connectivity index (χ3v) is 5.74. The minimum absolute atomic E-state index is 0.100. The van der Waals surface area contributed by atoms with Gasteiger partial charge in [0.1, 0.15) is 11.5 Å². The van der Waals surface area contributed by atoms with E-state index in [0.717, 1.165) is 18.0 Å². The molecule has 0 atom stereocenters. The molecule has 0 fully saturated rings. The molecule has 9 heteroatoms. The van der Waals surface area contributed by atoms with Crippen LogP contribution in [0.15, 0.2) is 70.6 Å². The highest BCUT2D eigenvalue weighted by atomic mass is 32.2. The normalized spacial score (nSPS) is 11.2. The second kappa shape index (κ2) is 7.73. The van der Waals surface area contributed by atoms with Crippen LogP contribution >= 0.6 is 0 Å². The molecule has 1 aromatic heterocycles. The van der Waals surface area contributed by atoms with E-state index in [1.54, 1.807) is 12.1 Å². The summed E-state index contributed by atoms with van der Waals surface area (Å²) in [5, 5.41) is 0. The number of rotatable bonds is 6. The predicted molar refractivity (Wildman–Crippen MR) is 102 cm³/mol. The summed E-state index contributed by atoms with van der Waals surface area (Å²) in [6.07, 6.45) is 2.14. The first kappa shape index (κ1) is 19.4. The number of benzene rings is 2. The lowest BCUT2D eigenvalue weighted by Crippen LogP contribution is -2.34. The predicted octanol–water partition coefficient (Wildman–Crippen LogP) is 1.92. The van der Waals surface area contributed by atoms with Gasteiger partial charge in [0.25, 0.3) is 15.9 Å². The van der Waals surface area contributed by atoms with Crippen LogP contribution < -0.4 is 15.2 Å². The van der Waals surface area contributed by atoms with Crippen LogP contribution in [0.1, 0.15) is 10.4 Å². The maximum Gasteiger partial charge on any atom is 0.349 e. The molecule has 146 valence electrons. The van der Waals surface area contributed by atoms with Crippen molar-refractivity contribution in [1.82, 2.24) is 8.54 Å². The van der Waals surface area contributed by atoms with Gasteiger partial charge in [-0.15, -0.1) is 0 Å². The number of para-hydroxylation sites is 1. The van der Waals surface area contributed by atoms with Gasteiger partial charge in [-0.2, -0.15) is 3.97 Å². The molecule has 3 aromatic rings. The summed E-state index contributed by atoms with van der Waals surface area (Å²) in [4.78, 5) is 24.7. The quantitative estimate of drug-likeness (QED) is 0.625. The molecule has 1 heterocycles. The summed E-state index contributed by atoms with van der Waals surface area (Å²) in [6, 6.07) is 12.7. The Morgan fingerprint density at radius 2 is 1.71 bits per heavy atom. The van der Waals surface area contributed by atoms with Crippen LogP contribution in [-0.2, 0) is 10.0 Å². The zero-order valence-corrected chi connectivity index (χ0v) is 16.0. The topological polar surface area (TPSA) is 96.6 Å². The van der Waals surface area contributed by atoms with Crippen LogP contribution in [0.3, 0.4) is 0 Å². The van der Waals surface area contributed by atoms with Crippen LogP contribution in [0.25, 0.3) is 0 Å². The average molecular weight is 402 g/mol. The highest BCUT2D eigenvalue weighted by molar-refractivity contribution is 7.90. The summed E-state index contributed by atoms with van der Waals surface area (Å²) >= 11 is 0. The van der Waals surface area contributed by atoms with Gasteiger partial charge in [-0.1, -0.05) is 18.2 Å². The molecule has 0 aliphatic heterocycles. The first-order valence-corrected chi connectivity index (χ1v) is 9.70. The molecule has 0 saturated carbocycles. The Hall–Kier alpha value is -3.33. The second-order valence-corrected chi connectivity index (χ2v) is 7.69. The molecule has 0 spiro atoms. The van der Waals surface area contributed by atoms with Gasteiger partial charge < -0.3 is 9.47 Å². The van der Waals surface area contributed by atoms with Gasteiger partial charge in [-0.3, -0.25) is 4.79 Å². The highest BCUT2D eigenvalue weighted by Crippen LogP contribution is 2.18. The SMILES string of the molecule is COc1ccc(S(=O)(=O)n2ccn(C(=O)COc3ccccc3C)c2=O)cc1. The first-order chi connectivity index (χ1) is 13.3. The minimum Gasteiger partial charge on any atom is -0.497 e. The number of carbonyl (C=O) groups excluding carboxylic acids is 1. The summed E-state index contributed by atoms with van der Waals surface area (Å²) < 4.78 is 37.0. The van der Waals surface area contributed by atoms with Gasteiger partial charge in [0.2, 0.25) is 0 Å². The molecule has 3 rings (SSSR count). The van der Waals surface area contributed by atoms with E-state index in [9.17, 15) is 18.0 Å². The molecular formula is C19H18N2O6S. The fourth-order valence-corrected chi connectivity index (χ4v) is 3.74. The molecule has 28 heavy (non-hydrogen) atoms. The standard InChI is InChI=1S/C19H18N2O6S/c1-14-5-3-4-6-17(14)27-13-18(22)20-11-12-21(19(20)23)28(24,25)16-9-7-15(26-2)8-10-16/h3-12H,13H2,1-2H3. The lowest BCUT2D eigenvalue weighted by atomic mass is 10.2. The van der Waals surface area contributed by atoms with Gasteiger partial charge in [0, 0.05) is 12.4 Å². The maximum atomic E-state index is 12.7. The summed E-state index contributed by atoms with van der Waals surface area (Å²) in [6.45, 7) is 1.42. The third kappa shape index (κ3) is 3.70. The van der Waals surface area contributed by atoms with Gasteiger partial charge >= 0.3 is 5.69 Å². The Balaban J connectivity index is 1.83. The number of carbonyl (C=O) groups is 1. The van der Waals surface area contributed by atoms with Gasteiger partial charge in [-0.25, -0.2) is 17.8 Å². The van der Waals surface area contributed by atoms with E-state index in [1.807, 2.05) is 19.1 Å². The Bertz CT molecular complexity index is 1160. The van der Waals surface area contributed by atoms with Crippen LogP contribution in [-0.4, -0.2) is 36.6 Å². The number of aryl methyl sites for hydroxylation is 1. The van der Waals surface area contributed by atoms with E-state index in [0.29, 0.717) is 20.0 Å². The van der Waals surface area contributed by atoms with Crippen LogP contribution in [0.5, 0.6) is 11.5 Å². The van der Waals surface area contributed by atoms with Gasteiger partial charge in [-0.05, 0) is 42.8 Å². The number of methoxy groups -OCH3 is 1. The molecule has 0 aliphatic rings. The number of hydrogen-bond donors (Lipinski definition) is 0. The molecule has 0 bridgehead atoms. The molecule has 2 aromatic carbocycles. The Labute approximate surface area is 161 Å². The second-order valence-electron chi connectivity index (χ2n) is 5.88. The number of aromatic nitrogens is 2. The highest BCUT2D eigenvalue weighted by Gasteiger charge is 2.22. The zero-order chi connectivity index (χ0) is 20.3. The van der Waals surface area contributed by atoms with E-state index >= 15 is 0 Å². The van der Waals surface area contributed by atoms with Crippen molar-refractivity contribution in [3.63, 3.8) is 0 Å². The van der Waals surface area contributed by atoms with Crippen molar-refractivity contribution in [3.8, 4) is 11.5 Å². The largest absolute Gasteiger partial charge is 0.497 e. The molecule has 0 saturated heterocycles. The molecular weight excluding hydrogens is 384 g/mol. The van der Waals surface area contributed by atoms with Crippen molar-refractivity contribution in [1.29, 1.82) is 0 Å². The van der Waals surface area contributed by atoms with Crippen molar-refractivity contribution < 1.29 is 22.7 Å². The van der Waals surface area contributed by atoms with E-state index in [-0.39, 0.29) is 4.90 Å². The first-order valence-electron chi connectivity index (χ1n) is 8.26. The summed E-state index contributed by atoms with van der Waals surface area (Å²) in [5.41, 5.74) is -0.156. The molecule has 0 radical (unpaired) electrons. The van der Waals surface area contributed by atoms with Crippen molar-refractivity contribution in [2.75, 3.05) is 13.7 Å². The van der Waals surface area contributed by atoms with Crippen molar-refractivity contribution in [2.45, 2.75) is 11.8 Å². The van der Waals surface area contributed by atoms with Gasteiger partial charge in [0.15, 0.2) is 6.61 Å². The number of ether oxygens (including phenoxy) is 2. The van der Waals surface area contributed by atoms with Crippen LogP contribution in [0.4, 0.5) is 0 Å². The molecule has 8 nitrogen and oxygen atoms in total. The molecule has 0 N–H and O–H groups in total. The van der Waals surface area contributed by atoms with Crippen molar-refractivity contribution >= 4 is 15.9 Å². The number of imidazole rings is 1. The minimum atomic E-state index is -4.15. The summed E-state index contributed by atoms with van der Waals surface area (Å²) in [5.74, 6) is 0.304. The molecule has 0 unspecified atom stereocenters. The van der Waals surface area contributed by atoms with Crippen molar-refractivity contribution in [2.24, 2.45) is 0 Å². The van der Waals surface area contributed by atoms with Crippen molar-refractivity contribution in [3.05, 3.63) is 77.0 Å². The number of hydrogen-bond acceptors (Lipinski definition) is 6. The summed E-state index contributed by atoms with van der Waals surface area (Å²) in [7, 11) is -2.69. The fraction of sp³-hybridized carbons (Fsp3) is 0.158. The Kier molecular flexibility index (Phi) is 5.36. The molecule has 0 aliphatic carbocycles. The Morgan fingerprint density at radius 3 is 2.36 bits per heavy atom. The average Bonchev–Trinajstić information content (AvgIpc) is 3.09. The van der Waals surface area contributed by atoms with Gasteiger partial charge in [0.05, 0.1) is 12.0 Å². The smallest absolute Gasteiger partial charge is 0.349 e. The molecule has 0 amide bonds. The van der Waals surface area contributed by atoms with E-state index in [4.69, 9.17) is 9.47 Å². The maximum absolute atomic E-state index is 12.7. The Morgan fingerprint density at radius 1 is 1.04 bits per heavy atom. The van der Waals surface area contributed by atoms with E-state index in [2.05, 4.69) is 0 Å². The van der Waals surface area contributed by atoms with Crippen LogP contribution in [0, 0.1) is 6.92 Å². The lowest BCUT2D eigenvalue weighted by molar-refractivity contribution is 0.0833. The third-order valence-electron chi connectivity index (χ3n) is 4.08. The van der Waals surface area contributed by atoms with E-state index < -0.39 is 28.2 Å². The fourth-order valence-electron chi connectivity index (χ4n) is 2.52.